The maximum atomic E-state index is 4.74. The second-order valence-corrected chi connectivity index (χ2v) is 7.19. The summed E-state index contributed by atoms with van der Waals surface area (Å²) in [5.41, 5.74) is 2.23. The summed E-state index contributed by atoms with van der Waals surface area (Å²) in [6.45, 7) is 3.03. The standard InChI is InChI=1S/C19H27N5.HI/c1-20-19(24-12-14-7-3-4-8-15(14)13-24)21-11-18-22-16-9-5-6-10-17(16)23(18)2;/h5-6,9-10,14-15H,3-4,7-8,11-13H2,1-2H3,(H,20,21);1H. The first-order chi connectivity index (χ1) is 11.8. The van der Waals surface area contributed by atoms with E-state index in [1.54, 1.807) is 0 Å². The summed E-state index contributed by atoms with van der Waals surface area (Å²) < 4.78 is 2.17. The maximum absolute atomic E-state index is 4.74. The first-order valence-corrected chi connectivity index (χ1v) is 9.12. The number of rotatable bonds is 2. The largest absolute Gasteiger partial charge is 0.349 e. The van der Waals surface area contributed by atoms with Crippen LogP contribution in [0.15, 0.2) is 29.3 Å². The number of imidazole rings is 1. The summed E-state index contributed by atoms with van der Waals surface area (Å²) in [5, 5.41) is 3.53. The molecule has 2 aromatic rings. The van der Waals surface area contributed by atoms with Crippen molar-refractivity contribution in [3.8, 4) is 0 Å². The highest BCUT2D eigenvalue weighted by molar-refractivity contribution is 14.0. The average Bonchev–Trinajstić information content (AvgIpc) is 3.17. The molecule has 25 heavy (non-hydrogen) atoms. The van der Waals surface area contributed by atoms with E-state index in [4.69, 9.17) is 4.98 Å². The van der Waals surface area contributed by atoms with Gasteiger partial charge in [0.2, 0.25) is 0 Å². The van der Waals surface area contributed by atoms with E-state index in [0.29, 0.717) is 6.54 Å². The molecule has 2 atom stereocenters. The zero-order valence-corrected chi connectivity index (χ0v) is 17.4. The molecule has 1 saturated carbocycles. The predicted molar refractivity (Wildman–Crippen MR) is 113 cm³/mol. The molecule has 1 saturated heterocycles. The number of nitrogens with zero attached hydrogens (tertiary/aromatic N) is 4. The molecule has 1 aliphatic carbocycles. The quantitative estimate of drug-likeness (QED) is 0.431. The van der Waals surface area contributed by atoms with Gasteiger partial charge in [-0.3, -0.25) is 4.99 Å². The van der Waals surface area contributed by atoms with Gasteiger partial charge in [-0.25, -0.2) is 4.98 Å². The molecular weight excluding hydrogens is 425 g/mol. The van der Waals surface area contributed by atoms with Gasteiger partial charge >= 0.3 is 0 Å². The second-order valence-electron chi connectivity index (χ2n) is 7.19. The minimum Gasteiger partial charge on any atom is -0.349 e. The Bertz CT molecular complexity index is 739. The Kier molecular flexibility index (Phi) is 5.86. The Morgan fingerprint density at radius 1 is 1.20 bits per heavy atom. The number of nitrogens with one attached hydrogen (secondary N) is 1. The number of fused-ring (bicyclic) bond motifs is 2. The van der Waals surface area contributed by atoms with Gasteiger partial charge in [0.1, 0.15) is 5.82 Å². The Hall–Kier alpha value is -1.31. The van der Waals surface area contributed by atoms with Crippen molar-refractivity contribution in [3.05, 3.63) is 30.1 Å². The Morgan fingerprint density at radius 2 is 1.88 bits per heavy atom. The Morgan fingerprint density at radius 3 is 2.52 bits per heavy atom. The van der Waals surface area contributed by atoms with Crippen LogP contribution in [-0.4, -0.2) is 40.5 Å². The van der Waals surface area contributed by atoms with Crippen molar-refractivity contribution in [1.29, 1.82) is 0 Å². The third kappa shape index (κ3) is 3.64. The molecule has 6 heteroatoms. The van der Waals surface area contributed by atoms with Crippen molar-refractivity contribution in [1.82, 2.24) is 19.8 Å². The number of aromatic nitrogens is 2. The summed E-state index contributed by atoms with van der Waals surface area (Å²) in [7, 11) is 3.97. The number of likely N-dealkylation sites (tertiary alicyclic amines) is 1. The number of halogens is 1. The minimum atomic E-state index is 0. The summed E-state index contributed by atoms with van der Waals surface area (Å²) >= 11 is 0. The number of aryl methyl sites for hydroxylation is 1. The highest BCUT2D eigenvalue weighted by atomic mass is 127. The fourth-order valence-corrected chi connectivity index (χ4v) is 4.42. The summed E-state index contributed by atoms with van der Waals surface area (Å²) in [6.07, 6.45) is 5.59. The molecule has 2 aliphatic rings. The van der Waals surface area contributed by atoms with Gasteiger partial charge in [-0.05, 0) is 36.8 Å². The van der Waals surface area contributed by atoms with Crippen LogP contribution in [0.5, 0.6) is 0 Å². The van der Waals surface area contributed by atoms with Crippen LogP contribution in [-0.2, 0) is 13.6 Å². The third-order valence-electron chi connectivity index (χ3n) is 5.77. The van der Waals surface area contributed by atoms with Crippen molar-refractivity contribution < 1.29 is 0 Å². The van der Waals surface area contributed by atoms with Crippen LogP contribution in [0, 0.1) is 11.8 Å². The van der Waals surface area contributed by atoms with Crippen LogP contribution in [0.25, 0.3) is 11.0 Å². The first kappa shape index (κ1) is 18.5. The van der Waals surface area contributed by atoms with Gasteiger partial charge in [0, 0.05) is 27.2 Å². The van der Waals surface area contributed by atoms with Gasteiger partial charge < -0.3 is 14.8 Å². The average molecular weight is 453 g/mol. The molecule has 0 spiro atoms. The molecular formula is C19H28IN5. The highest BCUT2D eigenvalue weighted by Crippen LogP contribution is 2.35. The van der Waals surface area contributed by atoms with Gasteiger partial charge in [-0.2, -0.15) is 0 Å². The van der Waals surface area contributed by atoms with Gasteiger partial charge in [-0.15, -0.1) is 24.0 Å². The van der Waals surface area contributed by atoms with E-state index in [0.717, 1.165) is 42.2 Å². The predicted octanol–water partition coefficient (Wildman–Crippen LogP) is 3.39. The number of benzene rings is 1. The van der Waals surface area contributed by atoms with Crippen molar-refractivity contribution in [2.24, 2.45) is 23.9 Å². The van der Waals surface area contributed by atoms with Crippen LogP contribution in [0.1, 0.15) is 31.5 Å². The fourth-order valence-electron chi connectivity index (χ4n) is 4.42. The molecule has 2 unspecified atom stereocenters. The van der Waals surface area contributed by atoms with Crippen molar-refractivity contribution in [2.45, 2.75) is 32.2 Å². The molecule has 0 radical (unpaired) electrons. The molecule has 1 aliphatic heterocycles. The van der Waals surface area contributed by atoms with E-state index >= 15 is 0 Å². The van der Waals surface area contributed by atoms with E-state index < -0.39 is 0 Å². The summed E-state index contributed by atoms with van der Waals surface area (Å²) in [4.78, 5) is 11.7. The Balaban J connectivity index is 0.00000182. The topological polar surface area (TPSA) is 45.5 Å². The van der Waals surface area contributed by atoms with Gasteiger partial charge in [-0.1, -0.05) is 25.0 Å². The monoisotopic (exact) mass is 453 g/mol. The number of hydrogen-bond donors (Lipinski definition) is 1. The summed E-state index contributed by atoms with van der Waals surface area (Å²) in [5.74, 6) is 3.81. The van der Waals surface area contributed by atoms with Crippen LogP contribution in [0.4, 0.5) is 0 Å². The van der Waals surface area contributed by atoms with Crippen LogP contribution in [0.3, 0.4) is 0 Å². The molecule has 1 aromatic carbocycles. The normalized spacial score (nSPS) is 23.4. The third-order valence-corrected chi connectivity index (χ3v) is 5.77. The minimum absolute atomic E-state index is 0. The van der Waals surface area contributed by atoms with Crippen molar-refractivity contribution in [3.63, 3.8) is 0 Å². The van der Waals surface area contributed by atoms with Gasteiger partial charge in [0.15, 0.2) is 5.96 Å². The van der Waals surface area contributed by atoms with E-state index in [-0.39, 0.29) is 24.0 Å². The molecule has 1 aromatic heterocycles. The lowest BCUT2D eigenvalue weighted by Crippen LogP contribution is -2.40. The fraction of sp³-hybridized carbons (Fsp3) is 0.579. The van der Waals surface area contributed by atoms with Crippen LogP contribution < -0.4 is 5.32 Å². The van der Waals surface area contributed by atoms with E-state index in [1.807, 2.05) is 13.1 Å². The zero-order valence-electron chi connectivity index (χ0n) is 15.1. The SMILES string of the molecule is CN=C(NCc1nc2ccccc2n1C)N1CC2CCCCC2C1.I. The van der Waals surface area contributed by atoms with Crippen LogP contribution >= 0.6 is 24.0 Å². The van der Waals surface area contributed by atoms with E-state index in [1.165, 1.54) is 31.2 Å². The second kappa shape index (κ2) is 7.93. The number of guanidine groups is 1. The lowest BCUT2D eigenvalue weighted by Gasteiger charge is -2.22. The number of aliphatic imine (C=N–C) groups is 1. The van der Waals surface area contributed by atoms with Crippen molar-refractivity contribution in [2.75, 3.05) is 20.1 Å². The molecule has 0 amide bonds. The van der Waals surface area contributed by atoms with Crippen molar-refractivity contribution >= 4 is 41.0 Å². The maximum Gasteiger partial charge on any atom is 0.194 e. The molecule has 4 rings (SSSR count). The van der Waals surface area contributed by atoms with E-state index in [9.17, 15) is 0 Å². The number of hydrogen-bond acceptors (Lipinski definition) is 2. The highest BCUT2D eigenvalue weighted by Gasteiger charge is 2.35. The lowest BCUT2D eigenvalue weighted by atomic mass is 9.82. The van der Waals surface area contributed by atoms with Crippen LogP contribution in [0.2, 0.25) is 0 Å². The smallest absolute Gasteiger partial charge is 0.194 e. The molecule has 2 heterocycles. The van der Waals surface area contributed by atoms with E-state index in [2.05, 4.69) is 45.0 Å². The summed E-state index contributed by atoms with van der Waals surface area (Å²) in [6, 6.07) is 8.29. The van der Waals surface area contributed by atoms with Gasteiger partial charge in [0.05, 0.1) is 17.6 Å². The molecule has 2 fully saturated rings. The molecule has 5 nitrogen and oxygen atoms in total. The lowest BCUT2D eigenvalue weighted by molar-refractivity contribution is 0.299. The zero-order chi connectivity index (χ0) is 16.5. The van der Waals surface area contributed by atoms with Gasteiger partial charge in [0.25, 0.3) is 0 Å². The first-order valence-electron chi connectivity index (χ1n) is 9.12. The molecule has 1 N–H and O–H groups in total. The molecule has 136 valence electrons. The number of para-hydroxylation sites is 2. The molecule has 0 bridgehead atoms. The Labute approximate surface area is 166 Å².